The van der Waals surface area contributed by atoms with Crippen LogP contribution in [0.3, 0.4) is 0 Å². The largest absolute Gasteiger partial charge is 0.478 e. The van der Waals surface area contributed by atoms with Crippen molar-refractivity contribution in [2.24, 2.45) is 0 Å². The van der Waals surface area contributed by atoms with Gasteiger partial charge >= 0.3 is 5.97 Å². The normalized spacial score (nSPS) is 10.2. The monoisotopic (exact) mass is 372 g/mol. The molecule has 0 aliphatic carbocycles. The Hall–Kier alpha value is -1.90. The summed E-state index contributed by atoms with van der Waals surface area (Å²) in [7, 11) is 0. The average Bonchev–Trinajstić information content (AvgIpc) is 2.36. The number of aryl methyl sites for hydroxylation is 1. The van der Waals surface area contributed by atoms with Crippen LogP contribution in [0, 0.1) is 10.5 Å². The van der Waals surface area contributed by atoms with Crippen LogP contribution < -0.4 is 10.3 Å². The van der Waals surface area contributed by atoms with Crippen LogP contribution in [0.1, 0.15) is 15.9 Å². The van der Waals surface area contributed by atoms with E-state index in [-0.39, 0.29) is 26.3 Å². The zero-order valence-corrected chi connectivity index (χ0v) is 12.0. The highest BCUT2D eigenvalue weighted by molar-refractivity contribution is 14.1. The number of carboxylic acids is 1. The molecule has 1 aromatic carbocycles. The molecule has 19 heavy (non-hydrogen) atoms. The molecule has 6 nitrogen and oxygen atoms in total. The third-order valence-electron chi connectivity index (χ3n) is 2.34. The standard InChI is InChI=1S/C12H9IN2O4/c1-6-2-3-8(7(4-6)12(17)18)19-11-9(13)10(16)14-5-15-11/h2-5H,1H3,(H,17,18)(H,14,15,16). The van der Waals surface area contributed by atoms with Crippen molar-refractivity contribution in [2.75, 3.05) is 0 Å². The summed E-state index contributed by atoms with van der Waals surface area (Å²) in [4.78, 5) is 28.8. The zero-order chi connectivity index (χ0) is 14.0. The number of hydrogen-bond donors (Lipinski definition) is 2. The molecule has 0 amide bonds. The summed E-state index contributed by atoms with van der Waals surface area (Å²) in [6, 6.07) is 4.76. The van der Waals surface area contributed by atoms with E-state index in [9.17, 15) is 9.59 Å². The number of benzene rings is 1. The number of rotatable bonds is 3. The lowest BCUT2D eigenvalue weighted by atomic mass is 10.1. The molecule has 0 radical (unpaired) electrons. The lowest BCUT2D eigenvalue weighted by Gasteiger charge is -2.09. The first kappa shape index (κ1) is 13.5. The molecule has 0 saturated heterocycles. The first-order valence-corrected chi connectivity index (χ1v) is 6.32. The Kier molecular flexibility index (Phi) is 3.84. The molecule has 0 spiro atoms. The SMILES string of the molecule is Cc1ccc(Oc2nc[nH]c(=O)c2I)c(C(=O)O)c1. The number of nitrogens with zero attached hydrogens (tertiary/aromatic N) is 1. The molecule has 1 heterocycles. The molecule has 0 saturated carbocycles. The molecule has 1 aromatic heterocycles. The fourth-order valence-electron chi connectivity index (χ4n) is 1.44. The molecule has 0 unspecified atom stereocenters. The van der Waals surface area contributed by atoms with Gasteiger partial charge in [0.1, 0.15) is 14.9 Å². The first-order chi connectivity index (χ1) is 8.99. The van der Waals surface area contributed by atoms with Crippen LogP contribution in [0.2, 0.25) is 0 Å². The number of H-pyrrole nitrogens is 1. The van der Waals surface area contributed by atoms with Crippen molar-refractivity contribution < 1.29 is 14.6 Å². The van der Waals surface area contributed by atoms with Crippen LogP contribution in [0.4, 0.5) is 0 Å². The van der Waals surface area contributed by atoms with Gasteiger partial charge in [-0.2, -0.15) is 0 Å². The van der Waals surface area contributed by atoms with Crippen molar-refractivity contribution in [3.8, 4) is 11.6 Å². The Morgan fingerprint density at radius 2 is 2.21 bits per heavy atom. The number of ether oxygens (including phenoxy) is 1. The molecule has 2 rings (SSSR count). The first-order valence-electron chi connectivity index (χ1n) is 5.24. The molecule has 2 N–H and O–H groups in total. The number of halogens is 1. The van der Waals surface area contributed by atoms with E-state index in [0.29, 0.717) is 0 Å². The second kappa shape index (κ2) is 5.39. The lowest BCUT2D eigenvalue weighted by molar-refractivity contribution is 0.0694. The Bertz CT molecular complexity index is 696. The van der Waals surface area contributed by atoms with Crippen LogP contribution in [0.25, 0.3) is 0 Å². The maximum absolute atomic E-state index is 11.4. The molecule has 0 bridgehead atoms. The quantitative estimate of drug-likeness (QED) is 0.806. The Morgan fingerprint density at radius 1 is 1.47 bits per heavy atom. The van der Waals surface area contributed by atoms with Gasteiger partial charge in [-0.05, 0) is 41.6 Å². The van der Waals surface area contributed by atoms with Crippen LogP contribution in [-0.2, 0) is 0 Å². The predicted octanol–water partition coefficient (Wildman–Crippen LogP) is 2.17. The van der Waals surface area contributed by atoms with Crippen LogP contribution in [0.5, 0.6) is 11.6 Å². The van der Waals surface area contributed by atoms with Gasteiger partial charge in [0.25, 0.3) is 5.56 Å². The third kappa shape index (κ3) is 2.92. The molecule has 98 valence electrons. The fraction of sp³-hybridized carbons (Fsp3) is 0.0833. The molecular formula is C12H9IN2O4. The fourth-order valence-corrected chi connectivity index (χ4v) is 1.85. The Balaban J connectivity index is 2.46. The second-order valence-corrected chi connectivity index (χ2v) is 4.84. The number of hydrogen-bond acceptors (Lipinski definition) is 4. The van der Waals surface area contributed by atoms with Crippen molar-refractivity contribution in [1.82, 2.24) is 9.97 Å². The topological polar surface area (TPSA) is 92.3 Å². The minimum Gasteiger partial charge on any atom is -0.478 e. The number of aromatic amines is 1. The van der Waals surface area contributed by atoms with Gasteiger partial charge in [0.15, 0.2) is 0 Å². The van der Waals surface area contributed by atoms with E-state index in [0.717, 1.165) is 5.56 Å². The van der Waals surface area contributed by atoms with Crippen LogP contribution in [0.15, 0.2) is 29.3 Å². The Morgan fingerprint density at radius 3 is 2.89 bits per heavy atom. The molecule has 2 aromatic rings. The van der Waals surface area contributed by atoms with Crippen LogP contribution >= 0.6 is 22.6 Å². The van der Waals surface area contributed by atoms with E-state index in [1.54, 1.807) is 35.6 Å². The minimum atomic E-state index is -1.10. The summed E-state index contributed by atoms with van der Waals surface area (Å²) in [5.74, 6) is -0.872. The minimum absolute atomic E-state index is 0.0258. The summed E-state index contributed by atoms with van der Waals surface area (Å²) in [5, 5.41) is 9.12. The van der Waals surface area contributed by atoms with Crippen molar-refractivity contribution in [1.29, 1.82) is 0 Å². The number of aromatic nitrogens is 2. The van der Waals surface area contributed by atoms with Gasteiger partial charge in [0.05, 0.1) is 6.33 Å². The highest BCUT2D eigenvalue weighted by Crippen LogP contribution is 2.26. The maximum atomic E-state index is 11.4. The van der Waals surface area contributed by atoms with E-state index in [1.165, 1.54) is 18.5 Å². The smallest absolute Gasteiger partial charge is 0.339 e. The summed E-state index contributed by atoms with van der Waals surface area (Å²) in [6.07, 6.45) is 1.20. The van der Waals surface area contributed by atoms with Gasteiger partial charge in [-0.1, -0.05) is 11.6 Å². The third-order valence-corrected chi connectivity index (χ3v) is 3.29. The molecule has 0 aliphatic heterocycles. The lowest BCUT2D eigenvalue weighted by Crippen LogP contribution is -2.12. The van der Waals surface area contributed by atoms with Gasteiger partial charge in [0, 0.05) is 0 Å². The summed E-state index contributed by atoms with van der Waals surface area (Å²) < 4.78 is 5.68. The molecule has 0 aliphatic rings. The number of carbonyl (C=O) groups is 1. The maximum Gasteiger partial charge on any atom is 0.339 e. The van der Waals surface area contributed by atoms with Gasteiger partial charge in [-0.15, -0.1) is 0 Å². The van der Waals surface area contributed by atoms with E-state index in [4.69, 9.17) is 9.84 Å². The highest BCUT2D eigenvalue weighted by Gasteiger charge is 2.15. The molecule has 0 fully saturated rings. The van der Waals surface area contributed by atoms with Gasteiger partial charge < -0.3 is 14.8 Å². The number of carboxylic acid groups (broad SMARTS) is 1. The van der Waals surface area contributed by atoms with Gasteiger partial charge in [0.2, 0.25) is 5.88 Å². The molecule has 7 heteroatoms. The van der Waals surface area contributed by atoms with E-state index >= 15 is 0 Å². The van der Waals surface area contributed by atoms with Crippen molar-refractivity contribution in [2.45, 2.75) is 6.92 Å². The predicted molar refractivity (Wildman–Crippen MR) is 75.8 cm³/mol. The van der Waals surface area contributed by atoms with E-state index in [1.807, 2.05) is 0 Å². The van der Waals surface area contributed by atoms with E-state index in [2.05, 4.69) is 9.97 Å². The number of aromatic carboxylic acids is 1. The zero-order valence-electron chi connectivity index (χ0n) is 9.81. The van der Waals surface area contributed by atoms with Gasteiger partial charge in [-0.3, -0.25) is 4.79 Å². The van der Waals surface area contributed by atoms with E-state index < -0.39 is 5.97 Å². The number of nitrogens with one attached hydrogen (secondary N) is 1. The van der Waals surface area contributed by atoms with Gasteiger partial charge in [-0.25, -0.2) is 9.78 Å². The van der Waals surface area contributed by atoms with Crippen molar-refractivity contribution >= 4 is 28.6 Å². The second-order valence-electron chi connectivity index (χ2n) is 3.76. The van der Waals surface area contributed by atoms with Crippen molar-refractivity contribution in [3.63, 3.8) is 0 Å². The van der Waals surface area contributed by atoms with Crippen LogP contribution in [-0.4, -0.2) is 21.0 Å². The Labute approximate surface area is 121 Å². The summed E-state index contributed by atoms with van der Waals surface area (Å²) in [6.45, 7) is 1.78. The highest BCUT2D eigenvalue weighted by atomic mass is 127. The average molecular weight is 372 g/mol. The van der Waals surface area contributed by atoms with Crippen molar-refractivity contribution in [3.05, 3.63) is 49.6 Å². The molecule has 0 atom stereocenters. The summed E-state index contributed by atoms with van der Waals surface area (Å²) in [5.41, 5.74) is 0.491. The molecular weight excluding hydrogens is 363 g/mol. The summed E-state index contributed by atoms with van der Waals surface area (Å²) >= 11 is 1.79.